The molecule has 4 radical (unpaired) electrons. The van der Waals surface area contributed by atoms with E-state index in [1.165, 1.54) is 38.5 Å². The van der Waals surface area contributed by atoms with Crippen molar-refractivity contribution in [2.24, 2.45) is 0 Å². The summed E-state index contributed by atoms with van der Waals surface area (Å²) in [5.41, 5.74) is 0. The predicted molar refractivity (Wildman–Crippen MR) is 98.3 cm³/mol. The topological polar surface area (TPSA) is 22.1 Å². The summed E-state index contributed by atoms with van der Waals surface area (Å²) in [5, 5.41) is 0. The van der Waals surface area contributed by atoms with Gasteiger partial charge in [-0.1, -0.05) is 80.1 Å². The summed E-state index contributed by atoms with van der Waals surface area (Å²) in [6.07, 6.45) is 11.3. The minimum atomic E-state index is 0. The molecule has 0 fully saturated rings. The van der Waals surface area contributed by atoms with Crippen molar-refractivity contribution in [3.05, 3.63) is 24.5 Å². The SMILES string of the molecule is CCCC.CCCC.CCCC.COc1cccnc1.[Sn]. The molecule has 1 rings (SSSR count). The number of aromatic nitrogens is 1. The van der Waals surface area contributed by atoms with Crippen LogP contribution in [0.4, 0.5) is 0 Å². The normalized spacial score (nSPS) is 7.57. The molecule has 1 heterocycles. The standard InChI is InChI=1S/C6H7NO.3C4H10.Sn/c1-8-6-3-2-4-7-5-6;3*1-3-4-2;/h2-5H,1H3;3*3-4H2,1-2H3;. The van der Waals surface area contributed by atoms with Crippen molar-refractivity contribution in [3.8, 4) is 5.75 Å². The van der Waals surface area contributed by atoms with E-state index >= 15 is 0 Å². The minimum Gasteiger partial charge on any atom is -0.495 e. The second kappa shape index (κ2) is 31.9. The summed E-state index contributed by atoms with van der Waals surface area (Å²) in [6, 6.07) is 3.69. The quantitative estimate of drug-likeness (QED) is 0.566. The zero-order chi connectivity index (χ0) is 16.1. The van der Waals surface area contributed by atoms with Gasteiger partial charge in [-0.25, -0.2) is 0 Å². The van der Waals surface area contributed by atoms with Gasteiger partial charge in [0.1, 0.15) is 5.75 Å². The third kappa shape index (κ3) is 38.3. The van der Waals surface area contributed by atoms with Crippen LogP contribution in [0.15, 0.2) is 24.5 Å². The predicted octanol–water partition coefficient (Wildman–Crippen LogP) is 6.13. The molecule has 0 amide bonds. The van der Waals surface area contributed by atoms with Crippen LogP contribution >= 0.6 is 0 Å². The van der Waals surface area contributed by atoms with Gasteiger partial charge >= 0.3 is 0 Å². The summed E-state index contributed by atoms with van der Waals surface area (Å²) in [7, 11) is 1.62. The Bertz CT molecular complexity index is 214. The first kappa shape index (κ1) is 28.8. The zero-order valence-electron chi connectivity index (χ0n) is 15.4. The van der Waals surface area contributed by atoms with Crippen LogP contribution in [0, 0.1) is 0 Å². The van der Waals surface area contributed by atoms with Crippen molar-refractivity contribution < 1.29 is 4.74 Å². The van der Waals surface area contributed by atoms with Crippen molar-refractivity contribution in [2.45, 2.75) is 80.1 Å². The van der Waals surface area contributed by atoms with Crippen molar-refractivity contribution in [2.75, 3.05) is 7.11 Å². The van der Waals surface area contributed by atoms with E-state index in [2.05, 4.69) is 46.5 Å². The molecular weight excluding hydrogens is 365 g/mol. The smallest absolute Gasteiger partial charge is 0.137 e. The largest absolute Gasteiger partial charge is 0.495 e. The number of nitrogens with zero attached hydrogens (tertiary/aromatic N) is 1. The van der Waals surface area contributed by atoms with E-state index in [1.54, 1.807) is 19.5 Å². The maximum absolute atomic E-state index is 4.85. The van der Waals surface area contributed by atoms with Crippen molar-refractivity contribution in [1.82, 2.24) is 4.98 Å². The molecule has 21 heavy (non-hydrogen) atoms. The van der Waals surface area contributed by atoms with Gasteiger partial charge in [0.25, 0.3) is 0 Å². The molecule has 0 aliphatic carbocycles. The average Bonchev–Trinajstić information content (AvgIpc) is 2.56. The van der Waals surface area contributed by atoms with E-state index in [1.807, 2.05) is 12.1 Å². The van der Waals surface area contributed by atoms with Crippen LogP contribution in [0.3, 0.4) is 0 Å². The number of ether oxygens (including phenoxy) is 1. The van der Waals surface area contributed by atoms with Crippen molar-refractivity contribution in [3.63, 3.8) is 0 Å². The second-order valence-electron chi connectivity index (χ2n) is 4.39. The molecule has 1 aromatic rings. The van der Waals surface area contributed by atoms with Gasteiger partial charge < -0.3 is 4.74 Å². The Kier molecular flexibility index (Phi) is 43.8. The fourth-order valence-corrected chi connectivity index (χ4v) is 0.468. The maximum Gasteiger partial charge on any atom is 0.137 e. The molecule has 3 heteroatoms. The van der Waals surface area contributed by atoms with E-state index in [-0.39, 0.29) is 23.9 Å². The molecule has 0 bridgehead atoms. The molecule has 0 aromatic carbocycles. The molecule has 0 saturated heterocycles. The Morgan fingerprint density at radius 3 is 1.33 bits per heavy atom. The molecule has 0 aliphatic heterocycles. The number of rotatable bonds is 4. The minimum absolute atomic E-state index is 0. The van der Waals surface area contributed by atoms with E-state index in [0.717, 1.165) is 5.75 Å². The second-order valence-corrected chi connectivity index (χ2v) is 4.39. The summed E-state index contributed by atoms with van der Waals surface area (Å²) >= 11 is 0. The van der Waals surface area contributed by atoms with Gasteiger partial charge in [-0.05, 0) is 12.1 Å². The summed E-state index contributed by atoms with van der Waals surface area (Å²) in [6.45, 7) is 13.1. The van der Waals surface area contributed by atoms with Crippen LogP contribution in [0.25, 0.3) is 0 Å². The Labute approximate surface area is 151 Å². The first-order valence-corrected chi connectivity index (χ1v) is 8.12. The van der Waals surface area contributed by atoms with Gasteiger partial charge in [0.2, 0.25) is 0 Å². The first-order chi connectivity index (χ1) is 9.67. The van der Waals surface area contributed by atoms with Gasteiger partial charge in [-0.15, -0.1) is 0 Å². The Morgan fingerprint density at radius 2 is 1.19 bits per heavy atom. The Balaban J connectivity index is -0.0000000973. The molecule has 0 N–H and O–H groups in total. The Morgan fingerprint density at radius 1 is 0.810 bits per heavy atom. The molecule has 0 spiro atoms. The van der Waals surface area contributed by atoms with Gasteiger partial charge in [0.05, 0.1) is 13.3 Å². The molecule has 1 aromatic heterocycles. The molecule has 2 nitrogen and oxygen atoms in total. The van der Waals surface area contributed by atoms with Crippen LogP contribution < -0.4 is 4.74 Å². The zero-order valence-corrected chi connectivity index (χ0v) is 18.3. The number of hydrogen-bond acceptors (Lipinski definition) is 2. The maximum atomic E-state index is 4.85. The van der Waals surface area contributed by atoms with Crippen LogP contribution in [0.2, 0.25) is 0 Å². The Hall–Kier alpha value is -0.251. The molecule has 0 unspecified atom stereocenters. The summed E-state index contributed by atoms with van der Waals surface area (Å²) in [4.78, 5) is 3.83. The number of pyridine rings is 1. The van der Waals surface area contributed by atoms with Crippen LogP contribution in [0.5, 0.6) is 5.75 Å². The van der Waals surface area contributed by atoms with Crippen LogP contribution in [0.1, 0.15) is 80.1 Å². The fourth-order valence-electron chi connectivity index (χ4n) is 0.468. The van der Waals surface area contributed by atoms with Gasteiger partial charge in [0.15, 0.2) is 0 Å². The molecular formula is C18H37NOSn. The van der Waals surface area contributed by atoms with E-state index in [0.29, 0.717) is 0 Å². The van der Waals surface area contributed by atoms with Gasteiger partial charge in [0, 0.05) is 30.1 Å². The van der Waals surface area contributed by atoms with E-state index in [4.69, 9.17) is 4.74 Å². The number of unbranched alkanes of at least 4 members (excludes halogenated alkanes) is 3. The van der Waals surface area contributed by atoms with Crippen LogP contribution in [-0.4, -0.2) is 36.0 Å². The number of hydrogen-bond donors (Lipinski definition) is 0. The van der Waals surface area contributed by atoms with Crippen molar-refractivity contribution >= 4 is 23.9 Å². The van der Waals surface area contributed by atoms with Gasteiger partial charge in [-0.3, -0.25) is 4.98 Å². The first-order valence-electron chi connectivity index (χ1n) is 8.12. The van der Waals surface area contributed by atoms with E-state index in [9.17, 15) is 0 Å². The molecule has 124 valence electrons. The molecule has 0 saturated carbocycles. The van der Waals surface area contributed by atoms with Crippen molar-refractivity contribution in [1.29, 1.82) is 0 Å². The number of methoxy groups -OCH3 is 1. The van der Waals surface area contributed by atoms with Gasteiger partial charge in [-0.2, -0.15) is 0 Å². The summed E-state index contributed by atoms with van der Waals surface area (Å²) < 4.78 is 4.85. The summed E-state index contributed by atoms with van der Waals surface area (Å²) in [5.74, 6) is 0.799. The molecule has 0 aliphatic rings. The van der Waals surface area contributed by atoms with E-state index < -0.39 is 0 Å². The molecule has 0 atom stereocenters. The monoisotopic (exact) mass is 403 g/mol. The third-order valence-electron chi connectivity index (χ3n) is 2.37. The van der Waals surface area contributed by atoms with Crippen LogP contribution in [-0.2, 0) is 0 Å². The average molecular weight is 402 g/mol. The fraction of sp³-hybridized carbons (Fsp3) is 0.722. The third-order valence-corrected chi connectivity index (χ3v) is 2.37.